The second-order valence-corrected chi connectivity index (χ2v) is 11.3. The zero-order chi connectivity index (χ0) is 25.2. The first kappa shape index (κ1) is 24.2. The smallest absolute Gasteiger partial charge is 0.231 e. The Labute approximate surface area is 221 Å². The molecule has 2 fully saturated rings. The Bertz CT molecular complexity index is 1290. The average molecular weight is 520 g/mol. The molecule has 1 saturated heterocycles. The predicted molar refractivity (Wildman–Crippen MR) is 144 cm³/mol. The summed E-state index contributed by atoms with van der Waals surface area (Å²) in [4.78, 5) is 35.8. The number of aromatic nitrogens is 1. The highest BCUT2D eigenvalue weighted by Gasteiger charge is 2.25. The second-order valence-electron chi connectivity index (χ2n) is 10.4. The van der Waals surface area contributed by atoms with E-state index in [0.717, 1.165) is 70.8 Å². The summed E-state index contributed by atoms with van der Waals surface area (Å²) >= 11 is 1.65. The minimum absolute atomic E-state index is 0.211. The number of carbonyl (C=O) groups excluding carboxylic acids is 2. The first-order valence-corrected chi connectivity index (χ1v) is 14.3. The number of hydrogen-bond acceptors (Lipinski definition) is 6. The zero-order valence-corrected chi connectivity index (χ0v) is 21.9. The number of rotatable bonds is 9. The summed E-state index contributed by atoms with van der Waals surface area (Å²) in [5, 5.41) is 3.03. The highest BCUT2D eigenvalue weighted by molar-refractivity contribution is 7.13. The van der Waals surface area contributed by atoms with Crippen molar-refractivity contribution < 1.29 is 19.1 Å². The van der Waals surface area contributed by atoms with Gasteiger partial charge in [0.1, 0.15) is 0 Å². The predicted octanol–water partition coefficient (Wildman–Crippen LogP) is 5.61. The van der Waals surface area contributed by atoms with Gasteiger partial charge in [-0.25, -0.2) is 4.98 Å². The maximum Gasteiger partial charge on any atom is 0.231 e. The summed E-state index contributed by atoms with van der Waals surface area (Å²) in [6.45, 7) is 2.91. The van der Waals surface area contributed by atoms with Crippen molar-refractivity contribution in [3.05, 3.63) is 41.3 Å². The van der Waals surface area contributed by atoms with E-state index < -0.39 is 0 Å². The maximum absolute atomic E-state index is 13.6. The van der Waals surface area contributed by atoms with Crippen molar-refractivity contribution in [1.82, 2.24) is 14.8 Å². The van der Waals surface area contributed by atoms with Crippen LogP contribution in [0.25, 0.3) is 21.5 Å². The molecule has 37 heavy (non-hydrogen) atoms. The van der Waals surface area contributed by atoms with Gasteiger partial charge in [0.25, 0.3) is 0 Å². The third-order valence-electron chi connectivity index (χ3n) is 7.82. The quantitative estimate of drug-likeness (QED) is 0.367. The van der Waals surface area contributed by atoms with Gasteiger partial charge in [-0.3, -0.25) is 9.59 Å². The minimum Gasteiger partial charge on any atom is -0.454 e. The Morgan fingerprint density at radius 1 is 1.14 bits per heavy atom. The second kappa shape index (κ2) is 10.7. The Balaban J connectivity index is 1.29. The van der Waals surface area contributed by atoms with Crippen LogP contribution in [-0.2, 0) is 16.1 Å². The summed E-state index contributed by atoms with van der Waals surface area (Å²) in [6, 6.07) is 10.2. The Morgan fingerprint density at radius 3 is 2.73 bits per heavy atom. The van der Waals surface area contributed by atoms with Crippen LogP contribution in [0.5, 0.6) is 11.5 Å². The number of pyridine rings is 1. The Kier molecular flexibility index (Phi) is 7.00. The van der Waals surface area contributed by atoms with Crippen LogP contribution < -0.4 is 9.47 Å². The molecule has 194 valence electrons. The summed E-state index contributed by atoms with van der Waals surface area (Å²) in [7, 11) is 0. The monoisotopic (exact) mass is 519 g/mol. The maximum atomic E-state index is 13.6. The molecule has 1 aromatic carbocycles. The SMILES string of the molecule is O=C1CCCN1CCCN(Cc1cc2cc3c(cc2nc1-c1cccs1)OCO3)C(=O)CC1CCCC1. The largest absolute Gasteiger partial charge is 0.454 e. The normalized spacial score (nSPS) is 17.3. The van der Waals surface area contributed by atoms with Crippen LogP contribution in [0.2, 0.25) is 0 Å². The van der Waals surface area contributed by atoms with E-state index in [1.54, 1.807) is 11.3 Å². The molecule has 3 aliphatic rings. The third kappa shape index (κ3) is 5.30. The number of carbonyl (C=O) groups is 2. The fraction of sp³-hybridized carbons (Fsp3) is 0.483. The number of amides is 2. The topological polar surface area (TPSA) is 72.0 Å². The van der Waals surface area contributed by atoms with Crippen LogP contribution in [0.1, 0.15) is 56.9 Å². The molecule has 0 spiro atoms. The lowest BCUT2D eigenvalue weighted by atomic mass is 10.0. The van der Waals surface area contributed by atoms with Crippen LogP contribution in [0.3, 0.4) is 0 Å². The molecule has 2 amide bonds. The molecule has 2 aliphatic heterocycles. The van der Waals surface area contributed by atoms with Crippen LogP contribution in [0.4, 0.5) is 0 Å². The van der Waals surface area contributed by atoms with Crippen LogP contribution >= 0.6 is 11.3 Å². The van der Waals surface area contributed by atoms with Gasteiger partial charge in [-0.05, 0) is 60.7 Å². The van der Waals surface area contributed by atoms with Gasteiger partial charge in [-0.2, -0.15) is 0 Å². The summed E-state index contributed by atoms with van der Waals surface area (Å²) in [5.41, 5.74) is 2.80. The highest BCUT2D eigenvalue weighted by atomic mass is 32.1. The van der Waals surface area contributed by atoms with E-state index in [4.69, 9.17) is 14.5 Å². The summed E-state index contributed by atoms with van der Waals surface area (Å²) < 4.78 is 11.2. The van der Waals surface area contributed by atoms with E-state index in [1.807, 2.05) is 28.0 Å². The number of fused-ring (bicyclic) bond motifs is 2. The van der Waals surface area contributed by atoms with Crippen molar-refractivity contribution in [2.45, 2.75) is 57.9 Å². The molecule has 6 rings (SSSR count). The first-order valence-electron chi connectivity index (χ1n) is 13.5. The van der Waals surface area contributed by atoms with Crippen molar-refractivity contribution in [2.75, 3.05) is 26.4 Å². The third-order valence-corrected chi connectivity index (χ3v) is 8.70. The molecule has 7 nitrogen and oxygen atoms in total. The molecule has 0 radical (unpaired) electrons. The summed E-state index contributed by atoms with van der Waals surface area (Å²) in [5.74, 6) is 2.38. The minimum atomic E-state index is 0.211. The molecule has 0 N–H and O–H groups in total. The standard InChI is InChI=1S/C29H33N3O4S/c33-27-9-3-10-31(27)11-5-12-32(28(34)14-20-6-1-2-7-20)18-22-15-21-16-24-25(36-19-35-24)17-23(21)30-29(22)26-8-4-13-37-26/h4,8,13,15-17,20H,1-3,5-7,9-12,14,18-19H2. The van der Waals surface area contributed by atoms with E-state index >= 15 is 0 Å². The van der Waals surface area contributed by atoms with Crippen molar-refractivity contribution in [3.63, 3.8) is 0 Å². The number of hydrogen-bond donors (Lipinski definition) is 0. The fourth-order valence-corrected chi connectivity index (χ4v) is 6.59. The molecule has 2 aromatic heterocycles. The molecule has 0 bridgehead atoms. The van der Waals surface area contributed by atoms with Gasteiger partial charge < -0.3 is 19.3 Å². The molecule has 1 aliphatic carbocycles. The lowest BCUT2D eigenvalue weighted by Gasteiger charge is -2.26. The Hall–Kier alpha value is -3.13. The van der Waals surface area contributed by atoms with Crippen molar-refractivity contribution in [3.8, 4) is 22.1 Å². The molecular formula is C29H33N3O4S. The highest BCUT2D eigenvalue weighted by Crippen LogP contribution is 2.38. The van der Waals surface area contributed by atoms with Gasteiger partial charge in [0, 0.05) is 50.5 Å². The fourth-order valence-electron chi connectivity index (χ4n) is 5.84. The molecular weight excluding hydrogens is 486 g/mol. The van der Waals surface area contributed by atoms with Gasteiger partial charge in [-0.1, -0.05) is 18.9 Å². The van der Waals surface area contributed by atoms with Crippen LogP contribution in [0, 0.1) is 5.92 Å². The van der Waals surface area contributed by atoms with Gasteiger partial charge in [0.05, 0.1) is 16.1 Å². The van der Waals surface area contributed by atoms with Crippen molar-refractivity contribution in [2.24, 2.45) is 5.92 Å². The van der Waals surface area contributed by atoms with Crippen LogP contribution in [0.15, 0.2) is 35.7 Å². The van der Waals surface area contributed by atoms with Crippen molar-refractivity contribution in [1.29, 1.82) is 0 Å². The molecule has 8 heteroatoms. The zero-order valence-electron chi connectivity index (χ0n) is 21.1. The van der Waals surface area contributed by atoms with E-state index in [1.165, 1.54) is 12.8 Å². The lowest BCUT2D eigenvalue weighted by molar-refractivity contribution is -0.133. The van der Waals surface area contributed by atoms with Crippen LogP contribution in [-0.4, -0.2) is 53.0 Å². The number of likely N-dealkylation sites (tertiary alicyclic amines) is 1. The molecule has 1 saturated carbocycles. The number of thiophene rings is 1. The van der Waals surface area contributed by atoms with E-state index in [-0.39, 0.29) is 18.6 Å². The molecule has 0 atom stereocenters. The van der Waals surface area contributed by atoms with Gasteiger partial charge in [-0.15, -0.1) is 11.3 Å². The number of ether oxygens (including phenoxy) is 2. The molecule has 3 aromatic rings. The summed E-state index contributed by atoms with van der Waals surface area (Å²) in [6.07, 6.45) is 7.72. The number of nitrogens with zero attached hydrogens (tertiary/aromatic N) is 3. The van der Waals surface area contributed by atoms with E-state index in [2.05, 4.69) is 17.5 Å². The van der Waals surface area contributed by atoms with Gasteiger partial charge in [0.15, 0.2) is 11.5 Å². The first-order chi connectivity index (χ1) is 18.1. The molecule has 4 heterocycles. The lowest BCUT2D eigenvalue weighted by Crippen LogP contribution is -2.35. The Morgan fingerprint density at radius 2 is 1.97 bits per heavy atom. The average Bonchev–Trinajstić information content (AvgIpc) is 3.70. The molecule has 0 unspecified atom stereocenters. The van der Waals surface area contributed by atoms with E-state index in [0.29, 0.717) is 38.4 Å². The van der Waals surface area contributed by atoms with E-state index in [9.17, 15) is 9.59 Å². The van der Waals surface area contributed by atoms with Crippen molar-refractivity contribution >= 4 is 34.1 Å². The number of benzene rings is 1. The van der Waals surface area contributed by atoms with Gasteiger partial charge >= 0.3 is 0 Å². The van der Waals surface area contributed by atoms with Gasteiger partial charge in [0.2, 0.25) is 18.6 Å².